The lowest BCUT2D eigenvalue weighted by molar-refractivity contribution is -0.119. The minimum atomic E-state index is -0.738. The molecule has 0 bridgehead atoms. The summed E-state index contributed by atoms with van der Waals surface area (Å²) in [6.07, 6.45) is 3.22. The van der Waals surface area contributed by atoms with E-state index in [0.29, 0.717) is 23.6 Å². The van der Waals surface area contributed by atoms with E-state index in [2.05, 4.69) is 4.98 Å². The molecular weight excluding hydrogens is 344 g/mol. The normalized spacial score (nSPS) is 17.0. The Morgan fingerprint density at radius 2 is 2.07 bits per heavy atom. The quantitative estimate of drug-likeness (QED) is 0.845. The van der Waals surface area contributed by atoms with E-state index in [0.717, 1.165) is 0 Å². The molecule has 1 amide bonds. The average Bonchev–Trinajstić information content (AvgIpc) is 2.93. The number of carbonyl (C=O) groups is 2. The summed E-state index contributed by atoms with van der Waals surface area (Å²) >= 11 is 0. The summed E-state index contributed by atoms with van der Waals surface area (Å²) in [4.78, 5) is 31.2. The zero-order valence-corrected chi connectivity index (χ0v) is 15.5. The van der Waals surface area contributed by atoms with Crippen molar-refractivity contribution in [1.82, 2.24) is 4.98 Å². The van der Waals surface area contributed by atoms with Gasteiger partial charge in [-0.25, -0.2) is 0 Å². The van der Waals surface area contributed by atoms with Crippen LogP contribution in [-0.2, 0) is 9.59 Å². The van der Waals surface area contributed by atoms with Crippen LogP contribution in [0.3, 0.4) is 0 Å². The number of aromatic nitrogens is 1. The highest BCUT2D eigenvalue weighted by atomic mass is 16.5. The molecule has 27 heavy (non-hydrogen) atoms. The van der Waals surface area contributed by atoms with Gasteiger partial charge in [0.1, 0.15) is 5.75 Å². The molecule has 0 saturated heterocycles. The standard InChI is InChI=1S/C21H22N2O4/c1-4-27-16-9-5-8-15(11-16)23-18(14-7-6-10-22-12-14)17(19(24)13(2)3)20(25)21(23)26/h5-13,18,25H,4H2,1-3H3. The monoisotopic (exact) mass is 366 g/mol. The van der Waals surface area contributed by atoms with Crippen LogP contribution in [0.4, 0.5) is 5.69 Å². The van der Waals surface area contributed by atoms with Crippen LogP contribution in [0, 0.1) is 5.92 Å². The number of aliphatic hydroxyl groups excluding tert-OH is 1. The van der Waals surface area contributed by atoms with Crippen molar-refractivity contribution in [3.8, 4) is 5.75 Å². The van der Waals surface area contributed by atoms with Gasteiger partial charge in [-0.2, -0.15) is 0 Å². The predicted molar refractivity (Wildman–Crippen MR) is 102 cm³/mol. The number of ketones is 1. The summed E-state index contributed by atoms with van der Waals surface area (Å²) < 4.78 is 5.53. The Labute approximate surface area is 158 Å². The van der Waals surface area contributed by atoms with Crippen LogP contribution in [-0.4, -0.2) is 28.4 Å². The van der Waals surface area contributed by atoms with Crippen LogP contribution >= 0.6 is 0 Å². The van der Waals surface area contributed by atoms with Gasteiger partial charge in [-0.1, -0.05) is 26.0 Å². The van der Waals surface area contributed by atoms with E-state index >= 15 is 0 Å². The van der Waals surface area contributed by atoms with Gasteiger partial charge in [0.25, 0.3) is 5.91 Å². The number of carbonyl (C=O) groups excluding carboxylic acids is 2. The first kappa shape index (κ1) is 18.6. The smallest absolute Gasteiger partial charge is 0.294 e. The summed E-state index contributed by atoms with van der Waals surface area (Å²) in [5.74, 6) is -1.14. The number of aliphatic hydroxyl groups is 1. The number of benzene rings is 1. The van der Waals surface area contributed by atoms with Gasteiger partial charge in [-0.05, 0) is 30.7 Å². The van der Waals surface area contributed by atoms with Gasteiger partial charge < -0.3 is 9.84 Å². The molecule has 6 heteroatoms. The van der Waals surface area contributed by atoms with Gasteiger partial charge >= 0.3 is 0 Å². The number of rotatable bonds is 6. The fourth-order valence-electron chi connectivity index (χ4n) is 3.18. The highest BCUT2D eigenvalue weighted by molar-refractivity contribution is 6.16. The molecule has 2 aromatic rings. The summed E-state index contributed by atoms with van der Waals surface area (Å²) in [5.41, 5.74) is 1.29. The molecule has 6 nitrogen and oxygen atoms in total. The molecule has 0 fully saturated rings. The van der Waals surface area contributed by atoms with Gasteiger partial charge in [0.15, 0.2) is 11.5 Å². The summed E-state index contributed by atoms with van der Waals surface area (Å²) in [6, 6.07) is 9.82. The van der Waals surface area contributed by atoms with Crippen LogP contribution < -0.4 is 9.64 Å². The first-order valence-corrected chi connectivity index (χ1v) is 8.89. The molecule has 0 aliphatic carbocycles. The molecule has 0 saturated carbocycles. The maximum atomic E-state index is 12.9. The Hall–Kier alpha value is -3.15. The highest BCUT2D eigenvalue weighted by Gasteiger charge is 2.44. The number of hydrogen-bond acceptors (Lipinski definition) is 5. The van der Waals surface area contributed by atoms with E-state index in [1.54, 1.807) is 62.6 Å². The Morgan fingerprint density at radius 1 is 1.30 bits per heavy atom. The first-order chi connectivity index (χ1) is 13.0. The van der Waals surface area contributed by atoms with Gasteiger partial charge in [0.2, 0.25) is 0 Å². The van der Waals surface area contributed by atoms with E-state index < -0.39 is 17.7 Å². The lowest BCUT2D eigenvalue weighted by Gasteiger charge is -2.27. The van der Waals surface area contributed by atoms with Crippen molar-refractivity contribution >= 4 is 17.4 Å². The molecule has 0 radical (unpaired) electrons. The van der Waals surface area contributed by atoms with Crippen molar-refractivity contribution in [2.75, 3.05) is 11.5 Å². The summed E-state index contributed by atoms with van der Waals surface area (Å²) in [5, 5.41) is 10.5. The topological polar surface area (TPSA) is 79.7 Å². The third-order valence-electron chi connectivity index (χ3n) is 4.40. The van der Waals surface area contributed by atoms with E-state index in [1.807, 2.05) is 6.92 Å². The van der Waals surface area contributed by atoms with Gasteiger partial charge in [-0.3, -0.25) is 19.5 Å². The Bertz CT molecular complexity index is 890. The third-order valence-corrected chi connectivity index (χ3v) is 4.40. The number of pyridine rings is 1. The minimum Gasteiger partial charge on any atom is -0.503 e. The molecular formula is C21H22N2O4. The Morgan fingerprint density at radius 3 is 2.70 bits per heavy atom. The number of nitrogens with zero attached hydrogens (tertiary/aromatic N) is 2. The lowest BCUT2D eigenvalue weighted by Crippen LogP contribution is -2.31. The van der Waals surface area contributed by atoms with Crippen LogP contribution in [0.25, 0.3) is 0 Å². The minimum absolute atomic E-state index is 0.102. The molecule has 0 spiro atoms. The van der Waals surface area contributed by atoms with Crippen LogP contribution in [0.5, 0.6) is 5.75 Å². The molecule has 3 rings (SSSR count). The second kappa shape index (κ2) is 7.61. The SMILES string of the molecule is CCOc1cccc(N2C(=O)C(O)=C(C(=O)C(C)C)C2c2cccnc2)c1. The Balaban J connectivity index is 2.14. The number of Topliss-reactive ketones (excluding diaryl/α,β-unsaturated/α-hetero) is 1. The van der Waals surface area contributed by atoms with Crippen molar-refractivity contribution in [1.29, 1.82) is 0 Å². The maximum Gasteiger partial charge on any atom is 0.294 e. The van der Waals surface area contributed by atoms with Gasteiger partial charge in [0.05, 0.1) is 18.2 Å². The number of hydrogen-bond donors (Lipinski definition) is 1. The molecule has 1 aliphatic rings. The fourth-order valence-corrected chi connectivity index (χ4v) is 3.18. The van der Waals surface area contributed by atoms with Crippen molar-refractivity contribution in [3.05, 3.63) is 65.7 Å². The van der Waals surface area contributed by atoms with E-state index in [9.17, 15) is 14.7 Å². The molecule has 1 unspecified atom stereocenters. The highest BCUT2D eigenvalue weighted by Crippen LogP contribution is 2.42. The molecule has 1 aromatic heterocycles. The predicted octanol–water partition coefficient (Wildman–Crippen LogP) is 3.61. The summed E-state index contributed by atoms with van der Waals surface area (Å²) in [6.45, 7) is 5.85. The van der Waals surface area contributed by atoms with Crippen LogP contribution in [0.15, 0.2) is 60.1 Å². The Kier molecular flexibility index (Phi) is 5.26. The number of anilines is 1. The molecule has 2 heterocycles. The van der Waals surface area contributed by atoms with Crippen molar-refractivity contribution in [3.63, 3.8) is 0 Å². The molecule has 1 atom stereocenters. The lowest BCUT2D eigenvalue weighted by atomic mass is 9.92. The maximum absolute atomic E-state index is 12.9. The van der Waals surface area contributed by atoms with Crippen molar-refractivity contribution in [2.45, 2.75) is 26.8 Å². The van der Waals surface area contributed by atoms with Crippen molar-refractivity contribution in [2.24, 2.45) is 5.92 Å². The second-order valence-corrected chi connectivity index (χ2v) is 6.58. The zero-order valence-electron chi connectivity index (χ0n) is 15.5. The zero-order chi connectivity index (χ0) is 19.6. The summed E-state index contributed by atoms with van der Waals surface area (Å²) in [7, 11) is 0. The van der Waals surface area contributed by atoms with E-state index in [-0.39, 0.29) is 17.3 Å². The molecule has 1 N–H and O–H groups in total. The fraction of sp³-hybridized carbons (Fsp3) is 0.286. The average molecular weight is 366 g/mol. The van der Waals surface area contributed by atoms with Crippen molar-refractivity contribution < 1.29 is 19.4 Å². The molecule has 1 aromatic carbocycles. The number of ether oxygens (including phenoxy) is 1. The second-order valence-electron chi connectivity index (χ2n) is 6.58. The number of amides is 1. The van der Waals surface area contributed by atoms with Crippen LogP contribution in [0.1, 0.15) is 32.4 Å². The molecule has 140 valence electrons. The van der Waals surface area contributed by atoms with Crippen LogP contribution in [0.2, 0.25) is 0 Å². The third kappa shape index (κ3) is 3.43. The molecule has 1 aliphatic heterocycles. The van der Waals surface area contributed by atoms with E-state index in [1.165, 1.54) is 4.90 Å². The van der Waals surface area contributed by atoms with Gasteiger partial charge in [-0.15, -0.1) is 0 Å². The van der Waals surface area contributed by atoms with Gasteiger partial charge in [0, 0.05) is 30.1 Å². The largest absolute Gasteiger partial charge is 0.503 e. The first-order valence-electron chi connectivity index (χ1n) is 8.89. The van der Waals surface area contributed by atoms with E-state index in [4.69, 9.17) is 4.74 Å².